The maximum atomic E-state index is 3.74. The van der Waals surface area contributed by atoms with Crippen LogP contribution in [0.2, 0.25) is 0 Å². The smallest absolute Gasteiger partial charge is 0.0544 e. The molecule has 2 nitrogen and oxygen atoms in total. The Morgan fingerprint density at radius 2 is 0.600 bits per heavy atom. The second-order valence-electron chi connectivity index (χ2n) is 13.1. The Morgan fingerprint density at radius 1 is 0.260 bits per heavy atom. The molecule has 0 saturated carbocycles. The molecule has 8 aromatic carbocycles. The molecular weight excluding hydrogens is 605 g/mol. The lowest BCUT2D eigenvalue weighted by Gasteiger charge is -2.10. The molecule has 0 fully saturated rings. The molecule has 0 bridgehead atoms. The van der Waals surface area contributed by atoms with E-state index in [0.29, 0.717) is 0 Å². The normalized spacial score (nSPS) is 11.6. The number of aromatic amines is 2. The van der Waals surface area contributed by atoms with Gasteiger partial charge in [0.15, 0.2) is 0 Å². The number of hydrogen-bond acceptors (Lipinski definition) is 0. The summed E-state index contributed by atoms with van der Waals surface area (Å²) in [5, 5.41) is 7.44. The zero-order valence-electron chi connectivity index (χ0n) is 27.3. The van der Waals surface area contributed by atoms with E-state index in [1.807, 2.05) is 0 Å². The van der Waals surface area contributed by atoms with Gasteiger partial charge in [0.25, 0.3) is 0 Å². The highest BCUT2D eigenvalue weighted by atomic mass is 14.7. The minimum atomic E-state index is 1.14. The van der Waals surface area contributed by atoms with E-state index < -0.39 is 0 Å². The van der Waals surface area contributed by atoms with Crippen molar-refractivity contribution in [1.29, 1.82) is 0 Å². The third-order valence-corrected chi connectivity index (χ3v) is 10.2. The molecule has 2 heteroatoms. The molecule has 2 N–H and O–H groups in total. The monoisotopic (exact) mass is 636 g/mol. The molecule has 50 heavy (non-hydrogen) atoms. The van der Waals surface area contributed by atoms with Gasteiger partial charge in [-0.1, -0.05) is 158 Å². The topological polar surface area (TPSA) is 31.6 Å². The molecular formula is C48H32N2. The summed E-state index contributed by atoms with van der Waals surface area (Å²) in [5.41, 5.74) is 14.2. The maximum absolute atomic E-state index is 3.74. The first-order valence-electron chi connectivity index (χ1n) is 17.2. The molecule has 0 saturated heterocycles. The molecule has 10 aromatic rings. The van der Waals surface area contributed by atoms with Crippen LogP contribution < -0.4 is 0 Å². The van der Waals surface area contributed by atoms with Gasteiger partial charge in [0, 0.05) is 32.9 Å². The zero-order chi connectivity index (χ0) is 33.0. The van der Waals surface area contributed by atoms with Crippen molar-refractivity contribution in [3.8, 4) is 55.9 Å². The Hall–Kier alpha value is -6.64. The van der Waals surface area contributed by atoms with Crippen LogP contribution in [0.5, 0.6) is 0 Å². The van der Waals surface area contributed by atoms with E-state index in [9.17, 15) is 0 Å². The predicted octanol–water partition coefficient (Wildman–Crippen LogP) is 13.3. The van der Waals surface area contributed by atoms with Crippen molar-refractivity contribution < 1.29 is 0 Å². The molecule has 0 unspecified atom stereocenters. The van der Waals surface area contributed by atoms with Crippen LogP contribution in [0.1, 0.15) is 0 Å². The number of para-hydroxylation sites is 2. The van der Waals surface area contributed by atoms with Crippen molar-refractivity contribution in [2.24, 2.45) is 0 Å². The lowest BCUT2D eigenvalue weighted by molar-refractivity contribution is 1.45. The molecule has 0 radical (unpaired) electrons. The fraction of sp³-hybridized carbons (Fsp3) is 0. The van der Waals surface area contributed by atoms with Gasteiger partial charge in [-0.3, -0.25) is 0 Å². The number of H-pyrrole nitrogens is 2. The Bertz CT molecular complexity index is 2650. The van der Waals surface area contributed by atoms with E-state index in [1.54, 1.807) is 0 Å². The van der Waals surface area contributed by atoms with E-state index in [4.69, 9.17) is 0 Å². The van der Waals surface area contributed by atoms with Gasteiger partial charge in [-0.2, -0.15) is 0 Å². The third-order valence-electron chi connectivity index (χ3n) is 10.2. The Morgan fingerprint density at radius 3 is 1.04 bits per heavy atom. The molecule has 0 aliphatic heterocycles. The molecule has 0 aliphatic carbocycles. The third kappa shape index (κ3) is 4.73. The van der Waals surface area contributed by atoms with Gasteiger partial charge in [0.2, 0.25) is 0 Å². The summed E-state index contributed by atoms with van der Waals surface area (Å²) >= 11 is 0. The van der Waals surface area contributed by atoms with Gasteiger partial charge in [0.1, 0.15) is 0 Å². The molecule has 2 heterocycles. The average Bonchev–Trinajstić information content (AvgIpc) is 3.77. The summed E-state index contributed by atoms with van der Waals surface area (Å²) in [5.74, 6) is 0. The van der Waals surface area contributed by atoms with Crippen molar-refractivity contribution in [1.82, 2.24) is 9.97 Å². The number of fused-ring (bicyclic) bond motifs is 4. The van der Waals surface area contributed by atoms with Crippen molar-refractivity contribution in [3.63, 3.8) is 0 Å². The minimum Gasteiger partial charge on any atom is -0.354 e. The predicted molar refractivity (Wildman–Crippen MR) is 212 cm³/mol. The minimum absolute atomic E-state index is 1.14. The van der Waals surface area contributed by atoms with E-state index in [0.717, 1.165) is 22.4 Å². The molecule has 2 aromatic heterocycles. The highest BCUT2D eigenvalue weighted by molar-refractivity contribution is 6.06. The first-order chi connectivity index (χ1) is 24.8. The molecule has 0 aliphatic rings. The fourth-order valence-corrected chi connectivity index (χ4v) is 7.66. The summed E-state index contributed by atoms with van der Waals surface area (Å²) in [6.45, 7) is 0. The van der Waals surface area contributed by atoms with Crippen LogP contribution in [-0.2, 0) is 0 Å². The first kappa shape index (κ1) is 28.4. The number of benzene rings is 8. The largest absolute Gasteiger partial charge is 0.354 e. The van der Waals surface area contributed by atoms with E-state index in [-0.39, 0.29) is 0 Å². The van der Waals surface area contributed by atoms with Crippen LogP contribution in [0.25, 0.3) is 99.2 Å². The van der Waals surface area contributed by atoms with Gasteiger partial charge in [-0.25, -0.2) is 0 Å². The van der Waals surface area contributed by atoms with Crippen molar-refractivity contribution in [2.45, 2.75) is 0 Å². The van der Waals surface area contributed by atoms with Crippen molar-refractivity contribution in [3.05, 3.63) is 182 Å². The number of aromatic nitrogens is 2. The molecule has 0 atom stereocenters. The summed E-state index contributed by atoms with van der Waals surface area (Å²) in [4.78, 5) is 7.49. The summed E-state index contributed by atoms with van der Waals surface area (Å²) in [7, 11) is 0. The lowest BCUT2D eigenvalue weighted by Crippen LogP contribution is -1.86. The van der Waals surface area contributed by atoms with Gasteiger partial charge in [-0.15, -0.1) is 0 Å². The zero-order valence-corrected chi connectivity index (χ0v) is 27.3. The quantitative estimate of drug-likeness (QED) is 0.188. The van der Waals surface area contributed by atoms with Crippen LogP contribution in [-0.4, -0.2) is 9.97 Å². The summed E-state index contributed by atoms with van der Waals surface area (Å²) in [6, 6.07) is 65.8. The average molecular weight is 637 g/mol. The second-order valence-corrected chi connectivity index (χ2v) is 13.1. The maximum Gasteiger partial charge on any atom is 0.0544 e. The van der Waals surface area contributed by atoms with Gasteiger partial charge >= 0.3 is 0 Å². The van der Waals surface area contributed by atoms with Crippen molar-refractivity contribution in [2.75, 3.05) is 0 Å². The number of rotatable bonds is 5. The molecule has 234 valence electrons. The SMILES string of the molecule is c1ccc2cc(-c3[nH]c4ccccc4c3-c3ccc(-c4ccc(-c5c(-c6ccc7ccccc7c6)[nH]c6ccccc56)cc4)cc3)ccc2c1. The Balaban J connectivity index is 1.02. The summed E-state index contributed by atoms with van der Waals surface area (Å²) < 4.78 is 0. The summed E-state index contributed by atoms with van der Waals surface area (Å²) in [6.07, 6.45) is 0. The van der Waals surface area contributed by atoms with E-state index >= 15 is 0 Å². The highest BCUT2D eigenvalue weighted by Crippen LogP contribution is 2.42. The Kier molecular flexibility index (Phi) is 6.53. The standard InChI is InChI=1S/C48H32N2/c1-3-11-37-29-39(27-21-31(37)9-1)47-45(41-13-5-7-15-43(41)49-47)35-23-17-33(18-24-35)34-19-25-36(26-20-34)46-42-14-6-8-16-44(42)50-48(46)40-28-22-32-10-2-4-12-38(32)30-40/h1-30,49-50H. The van der Waals surface area contributed by atoms with Crippen LogP contribution in [0.4, 0.5) is 0 Å². The van der Waals surface area contributed by atoms with Gasteiger partial charge in [-0.05, 0) is 79.2 Å². The fourth-order valence-electron chi connectivity index (χ4n) is 7.66. The van der Waals surface area contributed by atoms with Crippen LogP contribution in [0.3, 0.4) is 0 Å². The highest BCUT2D eigenvalue weighted by Gasteiger charge is 2.17. The molecule has 0 spiro atoms. The second kappa shape index (κ2) is 11.5. The Labute approximate surface area is 290 Å². The molecule has 10 rings (SSSR count). The van der Waals surface area contributed by atoms with E-state index in [1.165, 1.54) is 76.8 Å². The van der Waals surface area contributed by atoms with Crippen LogP contribution in [0, 0.1) is 0 Å². The lowest BCUT2D eigenvalue weighted by atomic mass is 9.93. The molecule has 0 amide bonds. The van der Waals surface area contributed by atoms with Gasteiger partial charge < -0.3 is 9.97 Å². The first-order valence-corrected chi connectivity index (χ1v) is 17.2. The van der Waals surface area contributed by atoms with Crippen LogP contribution >= 0.6 is 0 Å². The van der Waals surface area contributed by atoms with Gasteiger partial charge in [0.05, 0.1) is 11.4 Å². The van der Waals surface area contributed by atoms with Crippen molar-refractivity contribution >= 4 is 43.4 Å². The van der Waals surface area contributed by atoms with E-state index in [2.05, 4.69) is 192 Å². The van der Waals surface area contributed by atoms with Crippen LogP contribution in [0.15, 0.2) is 182 Å². The number of nitrogens with one attached hydrogen (secondary N) is 2. The number of hydrogen-bond donors (Lipinski definition) is 2.